The van der Waals surface area contributed by atoms with E-state index in [1.165, 1.54) is 18.1 Å². The largest absolute Gasteiger partial charge is 0.507 e. The highest BCUT2D eigenvalue weighted by atomic mass is 35.5. The van der Waals surface area contributed by atoms with Crippen molar-refractivity contribution < 1.29 is 19.4 Å². The highest BCUT2D eigenvalue weighted by Crippen LogP contribution is 2.41. The molecule has 1 aromatic carbocycles. The second kappa shape index (κ2) is 8.57. The number of Topliss-reactive ketones (excluding diaryl/α,β-unsaturated/α-hetero) is 1. The molecule has 1 atom stereocenters. The minimum atomic E-state index is -0.884. The molecule has 1 aliphatic rings. The first-order valence-electron chi connectivity index (χ1n) is 9.43. The zero-order chi connectivity index (χ0) is 22.0. The van der Waals surface area contributed by atoms with Crippen LogP contribution in [0, 0.1) is 0 Å². The highest BCUT2D eigenvalue weighted by molar-refractivity contribution is 6.46. The number of benzene rings is 1. The van der Waals surface area contributed by atoms with Crippen LogP contribution in [0.5, 0.6) is 5.75 Å². The summed E-state index contributed by atoms with van der Waals surface area (Å²) in [6, 6.07) is 12.5. The lowest BCUT2D eigenvalue weighted by molar-refractivity contribution is -0.140. The van der Waals surface area contributed by atoms with E-state index in [-0.39, 0.29) is 23.4 Å². The molecule has 4 rings (SSSR count). The number of aliphatic hydroxyl groups excluding tert-OH is 1. The van der Waals surface area contributed by atoms with Crippen LogP contribution in [0.25, 0.3) is 5.76 Å². The van der Waals surface area contributed by atoms with E-state index >= 15 is 0 Å². The average molecular weight is 436 g/mol. The molecule has 8 heteroatoms. The molecule has 3 heterocycles. The normalized spacial score (nSPS) is 17.7. The number of ether oxygens (including phenoxy) is 1. The van der Waals surface area contributed by atoms with Crippen molar-refractivity contribution in [2.75, 3.05) is 7.11 Å². The van der Waals surface area contributed by atoms with Gasteiger partial charge in [0.1, 0.15) is 17.6 Å². The molecule has 3 aromatic rings. The Hall–Kier alpha value is -3.71. The van der Waals surface area contributed by atoms with E-state index in [4.69, 9.17) is 16.3 Å². The number of methoxy groups -OCH3 is 1. The maximum atomic E-state index is 13.1. The van der Waals surface area contributed by atoms with Crippen LogP contribution >= 0.6 is 11.6 Å². The Morgan fingerprint density at radius 1 is 1.16 bits per heavy atom. The van der Waals surface area contributed by atoms with Crippen molar-refractivity contribution in [3.8, 4) is 5.75 Å². The highest BCUT2D eigenvalue weighted by Gasteiger charge is 2.47. The molecule has 0 spiro atoms. The quantitative estimate of drug-likeness (QED) is 0.372. The van der Waals surface area contributed by atoms with Crippen molar-refractivity contribution in [3.63, 3.8) is 0 Å². The van der Waals surface area contributed by atoms with Gasteiger partial charge in [-0.05, 0) is 42.0 Å². The second-order valence-electron chi connectivity index (χ2n) is 6.89. The molecule has 7 nitrogen and oxygen atoms in total. The average Bonchev–Trinajstić information content (AvgIpc) is 3.04. The number of nitrogens with zero attached hydrogens (tertiary/aromatic N) is 3. The Kier molecular flexibility index (Phi) is 5.68. The third kappa shape index (κ3) is 3.87. The van der Waals surface area contributed by atoms with Gasteiger partial charge in [0.2, 0.25) is 0 Å². The number of hydrogen-bond acceptors (Lipinski definition) is 6. The monoisotopic (exact) mass is 435 g/mol. The summed E-state index contributed by atoms with van der Waals surface area (Å²) < 4.78 is 5.32. The fourth-order valence-electron chi connectivity index (χ4n) is 3.59. The summed E-state index contributed by atoms with van der Waals surface area (Å²) in [5.74, 6) is -1.59. The Balaban J connectivity index is 1.90. The maximum Gasteiger partial charge on any atom is 0.296 e. The smallest absolute Gasteiger partial charge is 0.296 e. The van der Waals surface area contributed by atoms with Crippen LogP contribution in [0.2, 0.25) is 5.02 Å². The first-order chi connectivity index (χ1) is 15.0. The summed E-state index contributed by atoms with van der Waals surface area (Å²) >= 11 is 6.11. The van der Waals surface area contributed by atoms with Gasteiger partial charge in [-0.1, -0.05) is 23.7 Å². The minimum absolute atomic E-state index is 0.0758. The Morgan fingerprint density at radius 3 is 2.68 bits per heavy atom. The van der Waals surface area contributed by atoms with E-state index in [0.29, 0.717) is 16.5 Å². The van der Waals surface area contributed by atoms with E-state index < -0.39 is 17.7 Å². The lowest BCUT2D eigenvalue weighted by Gasteiger charge is -2.24. The molecule has 1 N–H and O–H groups in total. The predicted octanol–water partition coefficient (Wildman–Crippen LogP) is 3.76. The van der Waals surface area contributed by atoms with Crippen molar-refractivity contribution in [1.29, 1.82) is 0 Å². The Labute approximate surface area is 183 Å². The third-order valence-corrected chi connectivity index (χ3v) is 5.24. The number of carbonyl (C=O) groups is 2. The van der Waals surface area contributed by atoms with Gasteiger partial charge < -0.3 is 14.7 Å². The second-order valence-corrected chi connectivity index (χ2v) is 7.32. The van der Waals surface area contributed by atoms with E-state index in [1.54, 1.807) is 55.0 Å². The molecule has 0 saturated carbocycles. The number of halogens is 1. The van der Waals surface area contributed by atoms with Crippen molar-refractivity contribution in [2.45, 2.75) is 12.6 Å². The molecular weight excluding hydrogens is 418 g/mol. The van der Waals surface area contributed by atoms with Crippen molar-refractivity contribution in [2.24, 2.45) is 0 Å². The van der Waals surface area contributed by atoms with Crippen LogP contribution in [0.1, 0.15) is 22.9 Å². The third-order valence-electron chi connectivity index (χ3n) is 5.00. The summed E-state index contributed by atoms with van der Waals surface area (Å²) in [6.45, 7) is 0.128. The summed E-state index contributed by atoms with van der Waals surface area (Å²) in [6.07, 6.45) is 4.81. The molecule has 156 valence electrons. The topological polar surface area (TPSA) is 92.6 Å². The number of carbonyl (C=O) groups excluding carboxylic acids is 2. The van der Waals surface area contributed by atoms with Gasteiger partial charge in [-0.3, -0.25) is 19.6 Å². The summed E-state index contributed by atoms with van der Waals surface area (Å²) in [7, 11) is 1.44. The lowest BCUT2D eigenvalue weighted by Crippen LogP contribution is -2.29. The van der Waals surface area contributed by atoms with Gasteiger partial charge in [-0.15, -0.1) is 0 Å². The van der Waals surface area contributed by atoms with Gasteiger partial charge in [0.15, 0.2) is 0 Å². The molecule has 2 aromatic heterocycles. The standard InChI is InChI=1S/C23H18ClN3O4/c1-31-18-8-7-15(24)11-16(18)21(28)19-20(17-6-2-3-10-26-17)27(23(30)22(19)29)13-14-5-4-9-25-12-14/h2-12,20,28H,13H2,1H3. The Bertz CT molecular complexity index is 1170. The molecule has 1 aliphatic heterocycles. The number of hydrogen-bond donors (Lipinski definition) is 1. The molecule has 1 saturated heterocycles. The minimum Gasteiger partial charge on any atom is -0.507 e. The van der Waals surface area contributed by atoms with E-state index in [9.17, 15) is 14.7 Å². The Morgan fingerprint density at radius 2 is 2.00 bits per heavy atom. The first-order valence-corrected chi connectivity index (χ1v) is 9.81. The molecule has 1 amide bonds. The number of rotatable bonds is 5. The van der Waals surface area contributed by atoms with Gasteiger partial charge in [-0.25, -0.2) is 0 Å². The van der Waals surface area contributed by atoms with Gasteiger partial charge in [0.25, 0.3) is 11.7 Å². The van der Waals surface area contributed by atoms with E-state index in [1.807, 2.05) is 6.07 Å². The van der Waals surface area contributed by atoms with Crippen LogP contribution in [0.3, 0.4) is 0 Å². The molecule has 31 heavy (non-hydrogen) atoms. The van der Waals surface area contributed by atoms with Crippen molar-refractivity contribution in [3.05, 3.63) is 94.5 Å². The predicted molar refractivity (Wildman–Crippen MR) is 114 cm³/mol. The van der Waals surface area contributed by atoms with Gasteiger partial charge in [0.05, 0.1) is 23.9 Å². The summed E-state index contributed by atoms with van der Waals surface area (Å²) in [5.41, 5.74) is 1.34. The molecule has 0 radical (unpaired) electrons. The van der Waals surface area contributed by atoms with Crippen molar-refractivity contribution >= 4 is 29.1 Å². The molecule has 1 fully saturated rings. The van der Waals surface area contributed by atoms with Gasteiger partial charge >= 0.3 is 0 Å². The molecule has 0 bridgehead atoms. The lowest BCUT2D eigenvalue weighted by atomic mass is 9.97. The van der Waals surface area contributed by atoms with Crippen molar-refractivity contribution in [1.82, 2.24) is 14.9 Å². The number of aromatic nitrogens is 2. The zero-order valence-corrected chi connectivity index (χ0v) is 17.3. The van der Waals surface area contributed by atoms with E-state index in [2.05, 4.69) is 9.97 Å². The number of likely N-dealkylation sites (tertiary alicyclic amines) is 1. The number of aliphatic hydroxyl groups is 1. The van der Waals surface area contributed by atoms with Crippen LogP contribution in [0.15, 0.2) is 72.7 Å². The molecular formula is C23H18ClN3O4. The number of pyridine rings is 2. The first kappa shape index (κ1) is 20.6. The van der Waals surface area contributed by atoms with Crippen LogP contribution in [-0.2, 0) is 16.1 Å². The zero-order valence-electron chi connectivity index (χ0n) is 16.5. The van der Waals surface area contributed by atoms with E-state index in [0.717, 1.165) is 5.56 Å². The number of amides is 1. The van der Waals surface area contributed by atoms with Gasteiger partial charge in [0, 0.05) is 30.2 Å². The number of ketones is 1. The van der Waals surface area contributed by atoms with Crippen LogP contribution in [0.4, 0.5) is 0 Å². The van der Waals surface area contributed by atoms with Crippen LogP contribution < -0.4 is 4.74 Å². The van der Waals surface area contributed by atoms with Crippen LogP contribution in [-0.4, -0.2) is 38.8 Å². The van der Waals surface area contributed by atoms with Gasteiger partial charge in [-0.2, -0.15) is 0 Å². The molecule has 0 aliphatic carbocycles. The summed E-state index contributed by atoms with van der Waals surface area (Å²) in [5, 5.41) is 11.5. The summed E-state index contributed by atoms with van der Waals surface area (Å²) in [4.78, 5) is 35.8. The fourth-order valence-corrected chi connectivity index (χ4v) is 3.76. The maximum absolute atomic E-state index is 13.1. The fraction of sp³-hybridized carbons (Fsp3) is 0.130. The SMILES string of the molecule is COc1ccc(Cl)cc1C(O)=C1C(=O)C(=O)N(Cc2cccnc2)C1c1ccccn1. The molecule has 1 unspecified atom stereocenters.